The molecule has 90 heavy (non-hydrogen) atoms. The smallest absolute Gasteiger partial charge is 0.342 e. The summed E-state index contributed by atoms with van der Waals surface area (Å²) in [5.74, 6) is -1.000. The van der Waals surface area contributed by atoms with Gasteiger partial charge < -0.3 is 34.9 Å². The lowest BCUT2D eigenvalue weighted by molar-refractivity contribution is -0.164. The summed E-state index contributed by atoms with van der Waals surface area (Å²) in [6.45, 7) is 38.8. The molecule has 4 saturated carbocycles. The molecule has 15 heteroatoms. The second kappa shape index (κ2) is 30.5. The Morgan fingerprint density at radius 1 is 0.667 bits per heavy atom. The normalized spacial score (nSPS) is 24.5. The van der Waals surface area contributed by atoms with Gasteiger partial charge in [0.25, 0.3) is 0 Å². The number of benzene rings is 1. The first kappa shape index (κ1) is 72.0. The maximum Gasteiger partial charge on any atom is 0.342 e. The Morgan fingerprint density at radius 2 is 1.16 bits per heavy atom. The van der Waals surface area contributed by atoms with Crippen LogP contribution in [0.2, 0.25) is 0 Å². The number of thioether (sulfide) groups is 1. The summed E-state index contributed by atoms with van der Waals surface area (Å²) in [7, 11) is 0. The third-order valence-corrected chi connectivity index (χ3v) is 21.3. The maximum atomic E-state index is 16.0. The van der Waals surface area contributed by atoms with Gasteiger partial charge in [0.15, 0.2) is 0 Å². The molecular formula is C75H112N4O10S. The quantitative estimate of drug-likeness (QED) is 0.0304. The van der Waals surface area contributed by atoms with Crippen molar-refractivity contribution in [2.75, 3.05) is 17.7 Å². The van der Waals surface area contributed by atoms with E-state index in [9.17, 15) is 24.3 Å². The van der Waals surface area contributed by atoms with Gasteiger partial charge in [0.1, 0.15) is 35.0 Å². The summed E-state index contributed by atoms with van der Waals surface area (Å²) in [6, 6.07) is 5.31. The molecule has 4 atom stereocenters. The Morgan fingerprint density at radius 3 is 1.66 bits per heavy atom. The van der Waals surface area contributed by atoms with Gasteiger partial charge in [0.2, 0.25) is 11.8 Å². The molecule has 2 heterocycles. The number of aromatic amines is 1. The van der Waals surface area contributed by atoms with Crippen LogP contribution in [-0.4, -0.2) is 76.2 Å². The molecule has 498 valence electrons. The molecule has 0 bridgehead atoms. The number of unbranched alkanes of at least 4 members (excludes halogenated alkanes) is 2. The Bertz CT molecular complexity index is 2970. The number of H-pyrrole nitrogens is 1. The number of aromatic nitrogens is 1. The van der Waals surface area contributed by atoms with Crippen molar-refractivity contribution < 1.29 is 48.1 Å². The predicted octanol–water partition coefficient (Wildman–Crippen LogP) is 18.0. The summed E-state index contributed by atoms with van der Waals surface area (Å²) in [6.07, 6.45) is 16.3. The molecule has 2 amide bonds. The van der Waals surface area contributed by atoms with Crippen LogP contribution in [0.15, 0.2) is 57.1 Å². The second-order valence-electron chi connectivity index (χ2n) is 32.0. The number of carbonyl (C=O) groups is 6. The molecule has 1 aromatic carbocycles. The minimum Gasteiger partial charge on any atom is -0.478 e. The number of anilines is 1. The first-order valence-electron chi connectivity index (χ1n) is 34.2. The van der Waals surface area contributed by atoms with E-state index in [-0.39, 0.29) is 111 Å². The fourth-order valence-corrected chi connectivity index (χ4v) is 16.4. The van der Waals surface area contributed by atoms with Gasteiger partial charge in [-0.3, -0.25) is 9.59 Å². The van der Waals surface area contributed by atoms with Gasteiger partial charge in [0.05, 0.1) is 17.9 Å². The number of hydrogen-bond acceptors (Lipinski definition) is 11. The number of aryl methyl sites for hydroxylation is 1. The number of ether oxygens (including phenoxy) is 3. The van der Waals surface area contributed by atoms with Gasteiger partial charge in [-0.1, -0.05) is 142 Å². The molecule has 0 spiro atoms. The van der Waals surface area contributed by atoms with Crippen molar-refractivity contribution in [2.45, 2.75) is 262 Å². The molecule has 4 fully saturated rings. The monoisotopic (exact) mass is 1260 g/mol. The second-order valence-corrected chi connectivity index (χ2v) is 33.2. The highest BCUT2D eigenvalue weighted by Gasteiger charge is 2.51. The number of rotatable bonds is 21. The van der Waals surface area contributed by atoms with E-state index in [0.29, 0.717) is 65.8 Å². The van der Waals surface area contributed by atoms with Crippen LogP contribution in [0.1, 0.15) is 276 Å². The zero-order chi connectivity index (χ0) is 66.2. The first-order chi connectivity index (χ1) is 42.1. The van der Waals surface area contributed by atoms with Crippen LogP contribution in [0.25, 0.3) is 6.08 Å². The van der Waals surface area contributed by atoms with E-state index in [0.717, 1.165) is 111 Å². The first-order valence-corrected chi connectivity index (χ1v) is 35.2. The van der Waals surface area contributed by atoms with Crippen molar-refractivity contribution in [3.05, 3.63) is 75.1 Å². The fraction of sp³-hybridized carbons (Fsp3) is 0.693. The summed E-state index contributed by atoms with van der Waals surface area (Å²) in [4.78, 5) is 94.7. The molecule has 7 rings (SSSR count). The van der Waals surface area contributed by atoms with E-state index in [1.165, 1.54) is 0 Å². The van der Waals surface area contributed by atoms with Crippen LogP contribution < -0.4 is 10.6 Å². The van der Waals surface area contributed by atoms with Crippen LogP contribution >= 0.6 is 11.8 Å². The zero-order valence-electron chi connectivity index (χ0n) is 57.8. The van der Waals surface area contributed by atoms with E-state index < -0.39 is 36.1 Å². The van der Waals surface area contributed by atoms with Crippen molar-refractivity contribution in [3.63, 3.8) is 0 Å². The molecular weight excluding hydrogens is 1150 g/mol. The molecule has 0 radical (unpaired) electrons. The molecule has 0 saturated heterocycles. The third-order valence-electron chi connectivity index (χ3n) is 20.2. The Labute approximate surface area is 544 Å². The zero-order valence-corrected chi connectivity index (χ0v) is 58.6. The highest BCUT2D eigenvalue weighted by Crippen LogP contribution is 2.53. The number of aliphatic imine (C=N–C) groups is 1. The molecule has 4 aliphatic carbocycles. The third kappa shape index (κ3) is 18.9. The molecule has 1 aromatic heterocycles. The number of aromatic carboxylic acids is 1. The minimum atomic E-state index is -0.973. The van der Waals surface area contributed by atoms with Gasteiger partial charge >= 0.3 is 23.9 Å². The van der Waals surface area contributed by atoms with Crippen molar-refractivity contribution >= 4 is 65.2 Å². The van der Waals surface area contributed by atoms with Gasteiger partial charge in [-0.05, 0) is 183 Å². The van der Waals surface area contributed by atoms with Crippen LogP contribution in [0.4, 0.5) is 5.82 Å². The fourth-order valence-electron chi connectivity index (χ4n) is 15.3. The molecule has 5 aliphatic rings. The number of carboxylic acids is 1. The summed E-state index contributed by atoms with van der Waals surface area (Å²) in [5, 5.41) is 16.0. The molecule has 4 unspecified atom stereocenters. The number of nitrogens with zero attached hydrogens (tertiary/aromatic N) is 1. The maximum absolute atomic E-state index is 16.0. The molecule has 1 aliphatic heterocycles. The SMILES string of the molecule is C=C(C)C(=O)OCCCCC(=O)Nc1[nH]c(C=C2N=C(NC(=O)CCCCSc3cc(C)cc(C(=O)O)c3)C(C(=O)OC3C(C(C)(C)C)CC(C)CC3C(C)(C)C)=C2C2CCCCC2)c(C2CCCCC2)c1C(=O)OC1C(C(C)(C)C)CC(C)CC1C(C)(C)C. The molecule has 2 aromatic rings. The summed E-state index contributed by atoms with van der Waals surface area (Å²) >= 11 is 1.56. The lowest BCUT2D eigenvalue weighted by atomic mass is 9.59. The topological polar surface area (TPSA) is 203 Å². The number of amidine groups is 1. The van der Waals surface area contributed by atoms with Crippen LogP contribution in [-0.2, 0) is 33.4 Å². The number of carbonyl (C=O) groups excluding carboxylic acids is 5. The van der Waals surface area contributed by atoms with Crippen LogP contribution in [0, 0.1) is 70.0 Å². The van der Waals surface area contributed by atoms with E-state index in [1.807, 2.05) is 19.1 Å². The largest absolute Gasteiger partial charge is 0.478 e. The Hall–Kier alpha value is -5.44. The average Bonchev–Trinajstić information content (AvgIpc) is 1.45. The summed E-state index contributed by atoms with van der Waals surface area (Å²) in [5.41, 5.74) is 3.89. The molecule has 14 nitrogen and oxygen atoms in total. The Balaban J connectivity index is 1.37. The number of amides is 2. The van der Waals surface area contributed by atoms with Gasteiger partial charge in [-0.2, -0.15) is 0 Å². The highest BCUT2D eigenvalue weighted by atomic mass is 32.2. The number of hydrogen-bond donors (Lipinski definition) is 4. The lowest BCUT2D eigenvalue weighted by Crippen LogP contribution is -2.50. The standard InChI is InChI=1S/C75H112N4O10S/c1-44(2)69(84)87-34-26-24-32-58(80)78-66-62(70(85)88-64-52(72(6,7)8)38-46(4)39-53(64)73(9,10)11)60(48-28-20-18-21-29-48)56(76-66)43-57-61(49-30-22-19-23-31-49)63(71(86)89-65-54(74(12,13)14)40-47(5)41-55(65)75(15,16)17)67(77-57)79-59(81)33-25-27-35-90-51-37-45(3)36-50(42-51)68(82)83/h36-37,42-43,46-49,52-55,64-65,76H,1,18-35,38-41H2,2-17H3,(H,78,80)(H,82,83)(H,77,79,81). The van der Waals surface area contributed by atoms with E-state index >= 15 is 9.59 Å². The van der Waals surface area contributed by atoms with Gasteiger partial charge in [-0.25, -0.2) is 24.2 Å². The minimum absolute atomic E-state index is 0.0603. The van der Waals surface area contributed by atoms with E-state index in [4.69, 9.17) is 19.2 Å². The average molecular weight is 1260 g/mol. The number of carboxylic acid groups (broad SMARTS) is 1. The highest BCUT2D eigenvalue weighted by molar-refractivity contribution is 7.99. The lowest BCUT2D eigenvalue weighted by Gasteiger charge is -2.50. The number of allylic oxidation sites excluding steroid dienone is 1. The van der Waals surface area contributed by atoms with Crippen molar-refractivity contribution in [1.82, 2.24) is 10.3 Å². The Kier molecular flexibility index (Phi) is 24.4. The van der Waals surface area contributed by atoms with Crippen LogP contribution in [0.5, 0.6) is 0 Å². The molecule has 4 N–H and O–H groups in total. The van der Waals surface area contributed by atoms with Gasteiger partial charge in [-0.15, -0.1) is 11.8 Å². The van der Waals surface area contributed by atoms with Gasteiger partial charge in [0, 0.05) is 52.7 Å². The van der Waals surface area contributed by atoms with Crippen molar-refractivity contribution in [3.8, 4) is 0 Å². The van der Waals surface area contributed by atoms with Crippen LogP contribution in [0.3, 0.4) is 0 Å². The number of nitrogens with one attached hydrogen (secondary N) is 3. The van der Waals surface area contributed by atoms with E-state index in [1.54, 1.807) is 30.8 Å². The predicted molar refractivity (Wildman–Crippen MR) is 362 cm³/mol. The van der Waals surface area contributed by atoms with Crippen molar-refractivity contribution in [2.24, 2.45) is 68.1 Å². The summed E-state index contributed by atoms with van der Waals surface area (Å²) < 4.78 is 19.6. The number of esters is 3. The van der Waals surface area contributed by atoms with Crippen molar-refractivity contribution in [1.29, 1.82) is 0 Å². The van der Waals surface area contributed by atoms with E-state index in [2.05, 4.69) is 119 Å².